The van der Waals surface area contributed by atoms with E-state index in [2.05, 4.69) is 10.3 Å². The Morgan fingerprint density at radius 1 is 0.857 bits per heavy atom. The number of imide groups is 1. The van der Waals surface area contributed by atoms with Gasteiger partial charge in [-0.15, -0.1) is 0 Å². The Hall–Kier alpha value is -2.96. The summed E-state index contributed by atoms with van der Waals surface area (Å²) < 4.78 is 78.1. The molecule has 3 rings (SSSR count). The largest absolute Gasteiger partial charge is 0.416 e. The second-order valence-electron chi connectivity index (χ2n) is 6.73. The number of anilines is 1. The highest BCUT2D eigenvalue weighted by atomic mass is 35.5. The van der Waals surface area contributed by atoms with Crippen molar-refractivity contribution >= 4 is 52.6 Å². The Kier molecular flexibility index (Phi) is 7.87. The molecule has 0 aliphatic carbocycles. The summed E-state index contributed by atoms with van der Waals surface area (Å²) in [5.41, 5.74) is -2.93. The molecule has 35 heavy (non-hydrogen) atoms. The van der Waals surface area contributed by atoms with E-state index in [-0.39, 0.29) is 37.3 Å². The first-order chi connectivity index (χ1) is 16.2. The molecule has 2 aromatic carbocycles. The lowest BCUT2D eigenvalue weighted by Gasteiger charge is -2.14. The van der Waals surface area contributed by atoms with Gasteiger partial charge in [0.15, 0.2) is 0 Å². The van der Waals surface area contributed by atoms with Crippen LogP contribution in [-0.4, -0.2) is 16.9 Å². The molecule has 0 fully saturated rings. The number of hydrogen-bond acceptors (Lipinski definition) is 4. The van der Waals surface area contributed by atoms with E-state index < -0.39 is 35.4 Å². The van der Waals surface area contributed by atoms with Crippen molar-refractivity contribution in [2.24, 2.45) is 0 Å². The number of amides is 3. The van der Waals surface area contributed by atoms with Crippen LogP contribution >= 0.6 is 35.0 Å². The van der Waals surface area contributed by atoms with E-state index in [1.54, 1.807) is 0 Å². The Morgan fingerprint density at radius 2 is 1.43 bits per heavy atom. The minimum Gasteiger partial charge on any atom is -0.306 e. The standard InChI is InChI=1S/C21H11Cl2F6N3O2S/c22-14-2-1-3-15(23)17(14)18(33)32-19(34)31-12-4-5-16(30-9-12)35-13-7-10(20(24,25)26)6-11(8-13)21(27,28)29/h1-9H,(H2,31,32,33,34). The highest BCUT2D eigenvalue weighted by molar-refractivity contribution is 7.99. The van der Waals surface area contributed by atoms with Crippen molar-refractivity contribution in [1.82, 2.24) is 10.3 Å². The molecule has 1 aromatic heterocycles. The van der Waals surface area contributed by atoms with E-state index in [9.17, 15) is 35.9 Å². The number of halogens is 8. The van der Waals surface area contributed by atoms with Crippen LogP contribution in [-0.2, 0) is 12.4 Å². The average Bonchev–Trinajstić information content (AvgIpc) is 2.73. The molecule has 0 aliphatic rings. The van der Waals surface area contributed by atoms with Crippen molar-refractivity contribution < 1.29 is 35.9 Å². The van der Waals surface area contributed by atoms with Crippen molar-refractivity contribution in [3.63, 3.8) is 0 Å². The van der Waals surface area contributed by atoms with Crippen LogP contribution in [0.5, 0.6) is 0 Å². The third kappa shape index (κ3) is 7.03. The SMILES string of the molecule is O=C(NC(=O)c1c(Cl)cccc1Cl)Nc1ccc(Sc2cc(C(F)(F)F)cc(C(F)(F)F)c2)nc1. The van der Waals surface area contributed by atoms with Crippen LogP contribution < -0.4 is 10.6 Å². The molecular weight excluding hydrogens is 543 g/mol. The van der Waals surface area contributed by atoms with Crippen molar-refractivity contribution in [3.8, 4) is 0 Å². The number of aromatic nitrogens is 1. The molecule has 3 amide bonds. The van der Waals surface area contributed by atoms with E-state index >= 15 is 0 Å². The monoisotopic (exact) mass is 553 g/mol. The molecule has 0 radical (unpaired) electrons. The van der Waals surface area contributed by atoms with Gasteiger partial charge in [-0.2, -0.15) is 26.3 Å². The fourth-order valence-electron chi connectivity index (χ4n) is 2.66. The van der Waals surface area contributed by atoms with Gasteiger partial charge in [-0.05, 0) is 42.5 Å². The van der Waals surface area contributed by atoms with E-state index in [0.29, 0.717) is 23.9 Å². The molecule has 0 spiro atoms. The summed E-state index contributed by atoms with van der Waals surface area (Å²) in [4.78, 5) is 27.9. The van der Waals surface area contributed by atoms with Crippen molar-refractivity contribution in [2.45, 2.75) is 22.3 Å². The first-order valence-corrected chi connectivity index (χ1v) is 10.8. The van der Waals surface area contributed by atoms with E-state index in [4.69, 9.17) is 23.2 Å². The zero-order valence-corrected chi connectivity index (χ0v) is 19.2. The number of urea groups is 1. The first-order valence-electron chi connectivity index (χ1n) is 9.24. The number of nitrogens with one attached hydrogen (secondary N) is 2. The van der Waals surface area contributed by atoms with Gasteiger partial charge in [0.25, 0.3) is 5.91 Å². The quantitative estimate of drug-likeness (QED) is 0.327. The number of pyridine rings is 1. The van der Waals surface area contributed by atoms with Crippen LogP contribution in [0.2, 0.25) is 10.0 Å². The van der Waals surface area contributed by atoms with E-state index in [0.717, 1.165) is 6.20 Å². The summed E-state index contributed by atoms with van der Waals surface area (Å²) in [6.45, 7) is 0. The number of carbonyl (C=O) groups excluding carboxylic acids is 2. The van der Waals surface area contributed by atoms with Gasteiger partial charge in [-0.1, -0.05) is 41.0 Å². The predicted octanol–water partition coefficient (Wildman–Crippen LogP) is 7.54. The van der Waals surface area contributed by atoms with Gasteiger partial charge >= 0.3 is 18.4 Å². The minimum atomic E-state index is -4.98. The summed E-state index contributed by atoms with van der Waals surface area (Å²) in [5.74, 6) is -0.872. The van der Waals surface area contributed by atoms with Gasteiger partial charge in [0, 0.05) is 4.90 Å². The number of nitrogens with zero attached hydrogens (tertiary/aromatic N) is 1. The highest BCUT2D eigenvalue weighted by Crippen LogP contribution is 2.39. The third-order valence-corrected chi connectivity index (χ3v) is 5.75. The van der Waals surface area contributed by atoms with Crippen LogP contribution in [0.1, 0.15) is 21.5 Å². The van der Waals surface area contributed by atoms with Crippen molar-refractivity contribution in [2.75, 3.05) is 5.32 Å². The maximum Gasteiger partial charge on any atom is 0.416 e. The molecule has 0 atom stereocenters. The molecule has 1 heterocycles. The van der Waals surface area contributed by atoms with Gasteiger partial charge in [0.1, 0.15) is 5.03 Å². The number of benzene rings is 2. The van der Waals surface area contributed by atoms with Crippen molar-refractivity contribution in [1.29, 1.82) is 0 Å². The Balaban J connectivity index is 1.71. The molecule has 0 unspecified atom stereocenters. The normalized spacial score (nSPS) is 11.8. The molecular formula is C21H11Cl2F6N3O2S. The fraction of sp³-hybridized carbons (Fsp3) is 0.0952. The maximum atomic E-state index is 13.0. The van der Waals surface area contributed by atoms with Crippen LogP contribution in [0.25, 0.3) is 0 Å². The van der Waals surface area contributed by atoms with Crippen LogP contribution in [0.3, 0.4) is 0 Å². The van der Waals surface area contributed by atoms with Crippen LogP contribution in [0.15, 0.2) is 64.6 Å². The fourth-order valence-corrected chi connectivity index (χ4v) is 4.09. The summed E-state index contributed by atoms with van der Waals surface area (Å²) in [5, 5.41) is 4.42. The molecule has 0 saturated carbocycles. The van der Waals surface area contributed by atoms with Gasteiger partial charge in [-0.25, -0.2) is 9.78 Å². The summed E-state index contributed by atoms with van der Waals surface area (Å²) in [6.07, 6.45) is -8.85. The van der Waals surface area contributed by atoms with Gasteiger partial charge in [-0.3, -0.25) is 10.1 Å². The first kappa shape index (κ1) is 26.6. The molecule has 3 aromatic rings. The predicted molar refractivity (Wildman–Crippen MR) is 118 cm³/mol. The smallest absolute Gasteiger partial charge is 0.306 e. The molecule has 0 aliphatic heterocycles. The summed E-state index contributed by atoms with van der Waals surface area (Å²) in [6, 6.07) is 7.10. The third-order valence-electron chi connectivity index (χ3n) is 4.19. The maximum absolute atomic E-state index is 13.0. The second kappa shape index (κ2) is 10.3. The summed E-state index contributed by atoms with van der Waals surface area (Å²) >= 11 is 12.4. The number of rotatable bonds is 4. The van der Waals surface area contributed by atoms with Crippen molar-refractivity contribution in [3.05, 3.63) is 81.5 Å². The molecule has 14 heteroatoms. The second-order valence-corrected chi connectivity index (χ2v) is 8.64. The van der Waals surface area contributed by atoms with Crippen LogP contribution in [0.4, 0.5) is 36.8 Å². The Bertz CT molecular complexity index is 1210. The highest BCUT2D eigenvalue weighted by Gasteiger charge is 2.37. The number of hydrogen-bond donors (Lipinski definition) is 2. The molecule has 2 N–H and O–H groups in total. The Morgan fingerprint density at radius 3 is 1.91 bits per heavy atom. The van der Waals surface area contributed by atoms with Crippen LogP contribution in [0, 0.1) is 0 Å². The van der Waals surface area contributed by atoms with Gasteiger partial charge in [0.05, 0.1) is 38.6 Å². The summed E-state index contributed by atoms with van der Waals surface area (Å²) in [7, 11) is 0. The molecule has 0 saturated heterocycles. The van der Waals surface area contributed by atoms with E-state index in [1.807, 2.05) is 5.32 Å². The van der Waals surface area contributed by atoms with E-state index in [1.165, 1.54) is 30.3 Å². The molecule has 5 nitrogen and oxygen atoms in total. The lowest BCUT2D eigenvalue weighted by Crippen LogP contribution is -2.34. The zero-order chi connectivity index (χ0) is 26.0. The lowest BCUT2D eigenvalue weighted by atomic mass is 10.1. The minimum absolute atomic E-state index is 0.0223. The molecule has 0 bridgehead atoms. The lowest BCUT2D eigenvalue weighted by molar-refractivity contribution is -0.143. The topological polar surface area (TPSA) is 71.1 Å². The number of carbonyl (C=O) groups is 2. The zero-order valence-electron chi connectivity index (χ0n) is 16.9. The number of alkyl halides is 6. The van der Waals surface area contributed by atoms with Gasteiger partial charge in [0.2, 0.25) is 0 Å². The average molecular weight is 554 g/mol. The molecule has 184 valence electrons. The Labute approximate surface area is 207 Å². The van der Waals surface area contributed by atoms with Gasteiger partial charge < -0.3 is 5.32 Å².